The van der Waals surface area contributed by atoms with Crippen molar-refractivity contribution < 1.29 is 27.6 Å². The highest BCUT2D eigenvalue weighted by Crippen LogP contribution is 2.36. The number of urea groups is 1. The van der Waals surface area contributed by atoms with Crippen LogP contribution in [-0.2, 0) is 17.5 Å². The first-order valence-electron chi connectivity index (χ1n) is 13.1. The van der Waals surface area contributed by atoms with E-state index in [2.05, 4.69) is 10.2 Å². The summed E-state index contributed by atoms with van der Waals surface area (Å²) < 4.78 is 46.2. The molecule has 8 nitrogen and oxygen atoms in total. The van der Waals surface area contributed by atoms with E-state index in [9.17, 15) is 28.1 Å². The third-order valence-corrected chi connectivity index (χ3v) is 7.76. The van der Waals surface area contributed by atoms with Crippen molar-refractivity contribution in [2.45, 2.75) is 35.9 Å². The number of benzene rings is 3. The Hall–Kier alpha value is -3.61. The van der Waals surface area contributed by atoms with Gasteiger partial charge in [0, 0.05) is 54.6 Å². The third-order valence-electron chi connectivity index (χ3n) is 6.63. The van der Waals surface area contributed by atoms with Gasteiger partial charge in [-0.1, -0.05) is 41.6 Å². The van der Waals surface area contributed by atoms with Gasteiger partial charge in [0.25, 0.3) is 5.69 Å². The molecule has 1 N–H and O–H groups in total. The number of nitrogens with one attached hydrogen (secondary N) is 1. The molecule has 1 aliphatic heterocycles. The second-order valence-corrected chi connectivity index (χ2v) is 10.8. The van der Waals surface area contributed by atoms with E-state index in [-0.39, 0.29) is 24.5 Å². The number of halogens is 3. The lowest BCUT2D eigenvalue weighted by molar-refractivity contribution is -0.385. The molecule has 0 unspecified atom stereocenters. The fourth-order valence-electron chi connectivity index (χ4n) is 4.44. The van der Waals surface area contributed by atoms with Crippen LogP contribution in [0, 0.1) is 17.0 Å². The summed E-state index contributed by atoms with van der Waals surface area (Å²) in [6.45, 7) is 5.59. The summed E-state index contributed by atoms with van der Waals surface area (Å²) in [5, 5.41) is 14.0. The molecule has 2 amide bonds. The summed E-state index contributed by atoms with van der Waals surface area (Å²) in [4.78, 5) is 29.8. The van der Waals surface area contributed by atoms with Crippen LogP contribution in [0.2, 0.25) is 0 Å². The first-order valence-corrected chi connectivity index (χ1v) is 14.0. The molecule has 0 aromatic heterocycles. The van der Waals surface area contributed by atoms with Crippen LogP contribution in [0.5, 0.6) is 0 Å². The second-order valence-electron chi connectivity index (χ2n) is 9.67. The smallest absolute Gasteiger partial charge is 0.379 e. The predicted octanol–water partition coefficient (Wildman–Crippen LogP) is 6.83. The number of rotatable bonds is 10. The van der Waals surface area contributed by atoms with Crippen LogP contribution < -0.4 is 5.32 Å². The molecule has 3 aromatic carbocycles. The summed E-state index contributed by atoms with van der Waals surface area (Å²) in [6, 6.07) is 16.3. The lowest BCUT2D eigenvalue weighted by atomic mass is 10.1. The number of nitro benzene ring substituents is 1. The number of alkyl halides is 3. The highest BCUT2D eigenvalue weighted by molar-refractivity contribution is 7.99. The number of anilines is 1. The fourth-order valence-corrected chi connectivity index (χ4v) is 5.35. The number of amides is 2. The molecular weight excluding hydrogens is 557 g/mol. The molecule has 218 valence electrons. The molecule has 4 rings (SSSR count). The van der Waals surface area contributed by atoms with Crippen molar-refractivity contribution >= 4 is 29.2 Å². The Bertz CT molecular complexity index is 1350. The second kappa shape index (κ2) is 13.8. The number of ether oxygens (including phenoxy) is 1. The number of hydrogen-bond donors (Lipinski definition) is 1. The Morgan fingerprint density at radius 1 is 1.10 bits per heavy atom. The van der Waals surface area contributed by atoms with Crippen molar-refractivity contribution in [1.82, 2.24) is 9.80 Å². The van der Waals surface area contributed by atoms with E-state index >= 15 is 0 Å². The van der Waals surface area contributed by atoms with E-state index in [1.807, 2.05) is 31.2 Å². The van der Waals surface area contributed by atoms with E-state index < -0.39 is 22.7 Å². The van der Waals surface area contributed by atoms with Gasteiger partial charge in [-0.3, -0.25) is 15.0 Å². The normalized spacial score (nSPS) is 14.0. The number of morpholine rings is 1. The molecule has 41 heavy (non-hydrogen) atoms. The van der Waals surface area contributed by atoms with Crippen LogP contribution >= 0.6 is 11.8 Å². The molecule has 0 bridgehead atoms. The van der Waals surface area contributed by atoms with Gasteiger partial charge >= 0.3 is 12.2 Å². The quantitative estimate of drug-likeness (QED) is 0.206. The first-order chi connectivity index (χ1) is 19.6. The largest absolute Gasteiger partial charge is 0.418 e. The topological polar surface area (TPSA) is 88.0 Å². The zero-order chi connectivity index (χ0) is 29.4. The molecule has 12 heteroatoms. The highest BCUT2D eigenvalue weighted by atomic mass is 32.2. The molecule has 0 aliphatic carbocycles. The zero-order valence-electron chi connectivity index (χ0n) is 22.5. The van der Waals surface area contributed by atoms with E-state index in [1.165, 1.54) is 47.0 Å². The van der Waals surface area contributed by atoms with Crippen molar-refractivity contribution in [2.75, 3.05) is 44.7 Å². The fraction of sp³-hybridized carbons (Fsp3) is 0.345. The predicted molar refractivity (Wildman–Crippen MR) is 151 cm³/mol. The van der Waals surface area contributed by atoms with Gasteiger partial charge in [0.15, 0.2) is 0 Å². The molecule has 0 spiro atoms. The van der Waals surface area contributed by atoms with Crippen molar-refractivity contribution in [3.8, 4) is 0 Å². The van der Waals surface area contributed by atoms with Crippen molar-refractivity contribution in [3.05, 3.63) is 93.5 Å². The van der Waals surface area contributed by atoms with Crippen LogP contribution in [0.4, 0.5) is 29.3 Å². The molecule has 0 radical (unpaired) electrons. The average molecular weight is 589 g/mol. The monoisotopic (exact) mass is 588 g/mol. The molecule has 3 aromatic rings. The maximum absolute atomic E-state index is 13.6. The van der Waals surface area contributed by atoms with Crippen LogP contribution in [0.1, 0.15) is 23.1 Å². The lowest BCUT2D eigenvalue weighted by Gasteiger charge is -2.29. The Morgan fingerprint density at radius 3 is 2.49 bits per heavy atom. The molecule has 0 atom stereocenters. The Morgan fingerprint density at radius 2 is 1.80 bits per heavy atom. The van der Waals surface area contributed by atoms with E-state index in [0.717, 1.165) is 29.6 Å². The maximum atomic E-state index is 13.6. The molecule has 0 saturated carbocycles. The van der Waals surface area contributed by atoms with Crippen LogP contribution in [-0.4, -0.2) is 60.1 Å². The van der Waals surface area contributed by atoms with Gasteiger partial charge in [-0.25, -0.2) is 4.79 Å². The Kier molecular flexibility index (Phi) is 10.2. The average Bonchev–Trinajstić information content (AvgIpc) is 2.94. The molecule has 1 heterocycles. The number of nitrogens with zero attached hydrogens (tertiary/aromatic N) is 3. The van der Waals surface area contributed by atoms with Gasteiger partial charge < -0.3 is 15.0 Å². The van der Waals surface area contributed by atoms with Gasteiger partial charge in [-0.05, 0) is 49.2 Å². The van der Waals surface area contributed by atoms with Gasteiger partial charge in [0.2, 0.25) is 0 Å². The van der Waals surface area contributed by atoms with E-state index in [1.54, 1.807) is 6.07 Å². The number of carbonyl (C=O) groups excluding carboxylic acids is 1. The standard InChI is InChI=1S/C29H31F3N4O4S/c1-21-7-10-24(11-8-21)41-27-12-9-23(36(38)39)19-22(27)20-35(14-4-13-34-15-17-40-18-16-34)28(37)33-26-6-3-2-5-25(26)29(30,31)32/h2-3,5-12,19H,4,13-18,20H2,1H3,(H,33,37). The minimum absolute atomic E-state index is 0.0288. The van der Waals surface area contributed by atoms with Crippen molar-refractivity contribution in [2.24, 2.45) is 0 Å². The highest BCUT2D eigenvalue weighted by Gasteiger charge is 2.34. The van der Waals surface area contributed by atoms with Crippen molar-refractivity contribution in [3.63, 3.8) is 0 Å². The lowest BCUT2D eigenvalue weighted by Crippen LogP contribution is -2.40. The number of aryl methyl sites for hydroxylation is 1. The summed E-state index contributed by atoms with van der Waals surface area (Å²) in [7, 11) is 0. The van der Waals surface area contributed by atoms with Crippen LogP contribution in [0.15, 0.2) is 76.5 Å². The van der Waals surface area contributed by atoms with Crippen LogP contribution in [0.25, 0.3) is 0 Å². The van der Waals surface area contributed by atoms with Crippen molar-refractivity contribution in [1.29, 1.82) is 0 Å². The minimum atomic E-state index is -4.65. The number of non-ortho nitro benzene ring substituents is 1. The molecule has 1 aliphatic rings. The number of carbonyl (C=O) groups is 1. The first kappa shape index (κ1) is 30.4. The SMILES string of the molecule is Cc1ccc(Sc2ccc([N+](=O)[O-])cc2CN(CCCN2CCOCC2)C(=O)Nc2ccccc2C(F)(F)F)cc1. The Labute approximate surface area is 240 Å². The minimum Gasteiger partial charge on any atom is -0.379 e. The number of nitro groups is 1. The zero-order valence-corrected chi connectivity index (χ0v) is 23.3. The summed E-state index contributed by atoms with van der Waals surface area (Å²) >= 11 is 1.40. The van der Waals surface area contributed by atoms with Gasteiger partial charge in [-0.15, -0.1) is 0 Å². The van der Waals surface area contributed by atoms with Crippen LogP contribution in [0.3, 0.4) is 0 Å². The Balaban J connectivity index is 1.61. The molecular formula is C29H31F3N4O4S. The number of hydrogen-bond acceptors (Lipinski definition) is 6. The van der Waals surface area contributed by atoms with Gasteiger partial charge in [-0.2, -0.15) is 13.2 Å². The summed E-state index contributed by atoms with van der Waals surface area (Å²) in [5.41, 5.74) is 0.171. The summed E-state index contributed by atoms with van der Waals surface area (Å²) in [5.74, 6) is 0. The molecule has 1 saturated heterocycles. The third kappa shape index (κ3) is 8.69. The van der Waals surface area contributed by atoms with E-state index in [0.29, 0.717) is 36.6 Å². The molecule has 1 fully saturated rings. The van der Waals surface area contributed by atoms with Gasteiger partial charge in [0.1, 0.15) is 0 Å². The number of para-hydroxylation sites is 1. The van der Waals surface area contributed by atoms with E-state index in [4.69, 9.17) is 4.74 Å². The van der Waals surface area contributed by atoms with Gasteiger partial charge in [0.05, 0.1) is 29.4 Å². The summed E-state index contributed by atoms with van der Waals surface area (Å²) in [6.07, 6.45) is -4.09. The maximum Gasteiger partial charge on any atom is 0.418 e.